The number of hydrogen-bond acceptors (Lipinski definition) is 2. The van der Waals surface area contributed by atoms with E-state index in [2.05, 4.69) is 5.10 Å². The smallest absolute Gasteiger partial charge is 0.267 e. The highest BCUT2D eigenvalue weighted by Gasteiger charge is 2.10. The molecule has 2 aromatic carbocycles. The first-order valence-corrected chi connectivity index (χ1v) is 7.02. The van der Waals surface area contributed by atoms with Crippen LogP contribution in [0, 0.1) is 5.82 Å². The highest BCUT2D eigenvalue weighted by atomic mass is 35.5. The molecule has 0 saturated heterocycles. The van der Waals surface area contributed by atoms with Crippen molar-refractivity contribution in [1.29, 1.82) is 0 Å². The monoisotopic (exact) mass is 314 g/mol. The average molecular weight is 315 g/mol. The van der Waals surface area contributed by atoms with Gasteiger partial charge in [-0.25, -0.2) is 9.07 Å². The first-order valence-electron chi connectivity index (χ1n) is 6.65. The molecule has 0 fully saturated rings. The van der Waals surface area contributed by atoms with Crippen molar-refractivity contribution in [3.8, 4) is 22.4 Å². The molecule has 0 amide bonds. The molecule has 0 saturated carbocycles. The molecule has 5 heteroatoms. The van der Waals surface area contributed by atoms with Crippen molar-refractivity contribution in [2.75, 3.05) is 0 Å². The number of nitrogens with zero attached hydrogens (tertiary/aromatic N) is 2. The van der Waals surface area contributed by atoms with Crippen LogP contribution in [0.1, 0.15) is 0 Å². The van der Waals surface area contributed by atoms with Crippen LogP contribution in [0.4, 0.5) is 4.39 Å². The fraction of sp³-hybridized carbons (Fsp3) is 0.0588. The second kappa shape index (κ2) is 5.73. The maximum Gasteiger partial charge on any atom is 0.274 e. The molecule has 3 rings (SSSR count). The third kappa shape index (κ3) is 2.78. The van der Waals surface area contributed by atoms with E-state index in [0.29, 0.717) is 21.8 Å². The van der Waals surface area contributed by atoms with Gasteiger partial charge in [-0.05, 0) is 35.9 Å². The topological polar surface area (TPSA) is 34.9 Å². The third-order valence-corrected chi connectivity index (χ3v) is 3.61. The summed E-state index contributed by atoms with van der Waals surface area (Å²) >= 11 is 5.89. The average Bonchev–Trinajstić information content (AvgIpc) is 2.52. The molecule has 0 unspecified atom stereocenters. The summed E-state index contributed by atoms with van der Waals surface area (Å²) in [7, 11) is 1.59. The molecule has 0 atom stereocenters. The summed E-state index contributed by atoms with van der Waals surface area (Å²) in [6, 6.07) is 14.7. The lowest BCUT2D eigenvalue weighted by Gasteiger charge is -2.08. The number of aryl methyl sites for hydroxylation is 1. The summed E-state index contributed by atoms with van der Waals surface area (Å²) < 4.78 is 14.3. The molecule has 3 nitrogen and oxygen atoms in total. The van der Waals surface area contributed by atoms with Crippen molar-refractivity contribution in [2.24, 2.45) is 7.05 Å². The van der Waals surface area contributed by atoms with Gasteiger partial charge in [-0.1, -0.05) is 35.9 Å². The van der Waals surface area contributed by atoms with Crippen molar-refractivity contribution in [3.63, 3.8) is 0 Å². The highest BCUT2D eigenvalue weighted by molar-refractivity contribution is 6.30. The van der Waals surface area contributed by atoms with Crippen LogP contribution >= 0.6 is 11.6 Å². The maximum absolute atomic E-state index is 13.1. The van der Waals surface area contributed by atoms with E-state index in [4.69, 9.17) is 11.6 Å². The van der Waals surface area contributed by atoms with Gasteiger partial charge in [0, 0.05) is 17.6 Å². The molecule has 0 spiro atoms. The SMILES string of the molecule is Cn1nc(-c2ccc(Cl)cc2)cc(-c2ccc(F)cc2)c1=O. The van der Waals surface area contributed by atoms with Gasteiger partial charge in [-0.2, -0.15) is 5.10 Å². The van der Waals surface area contributed by atoms with Gasteiger partial charge in [0.05, 0.1) is 11.3 Å². The Labute approximate surface area is 131 Å². The molecule has 0 aliphatic carbocycles. The van der Waals surface area contributed by atoms with Crippen LogP contribution < -0.4 is 5.56 Å². The zero-order valence-corrected chi connectivity index (χ0v) is 12.5. The number of aromatic nitrogens is 2. The lowest BCUT2D eigenvalue weighted by molar-refractivity contribution is 0.628. The van der Waals surface area contributed by atoms with Crippen LogP contribution in [-0.2, 0) is 7.05 Å². The summed E-state index contributed by atoms with van der Waals surface area (Å²) in [5.74, 6) is -0.340. The molecule has 0 radical (unpaired) electrons. The van der Waals surface area contributed by atoms with E-state index in [1.165, 1.54) is 16.8 Å². The van der Waals surface area contributed by atoms with Gasteiger partial charge in [0.15, 0.2) is 0 Å². The second-order valence-electron chi connectivity index (χ2n) is 4.89. The standard InChI is InChI=1S/C17H12ClFN2O/c1-21-17(22)15(11-4-8-14(19)9-5-11)10-16(20-21)12-2-6-13(18)7-3-12/h2-10H,1H3. The van der Waals surface area contributed by atoms with Crippen molar-refractivity contribution in [3.05, 3.63) is 75.8 Å². The molecule has 0 aliphatic heterocycles. The predicted octanol–water partition coefficient (Wildman–Crippen LogP) is 3.91. The van der Waals surface area contributed by atoms with E-state index >= 15 is 0 Å². The fourth-order valence-corrected chi connectivity index (χ4v) is 2.33. The van der Waals surface area contributed by atoms with Crippen LogP contribution in [0.25, 0.3) is 22.4 Å². The van der Waals surface area contributed by atoms with Crippen molar-refractivity contribution in [2.45, 2.75) is 0 Å². The van der Waals surface area contributed by atoms with Crippen molar-refractivity contribution in [1.82, 2.24) is 9.78 Å². The summed E-state index contributed by atoms with van der Waals surface area (Å²) in [6.07, 6.45) is 0. The molecule has 0 bridgehead atoms. The molecule has 0 N–H and O–H groups in total. The van der Waals surface area contributed by atoms with E-state index in [9.17, 15) is 9.18 Å². The van der Waals surface area contributed by atoms with Crippen LogP contribution in [0.15, 0.2) is 59.4 Å². The normalized spacial score (nSPS) is 10.7. The van der Waals surface area contributed by atoms with Gasteiger partial charge in [0.2, 0.25) is 0 Å². The molecule has 110 valence electrons. The maximum atomic E-state index is 13.1. The summed E-state index contributed by atoms with van der Waals surface area (Å²) in [6.45, 7) is 0. The Hall–Kier alpha value is -2.46. The van der Waals surface area contributed by atoms with Gasteiger partial charge in [-0.15, -0.1) is 0 Å². The molecule has 22 heavy (non-hydrogen) atoms. The summed E-state index contributed by atoms with van der Waals surface area (Å²) in [5.41, 5.74) is 2.40. The molecule has 0 aliphatic rings. The Morgan fingerprint density at radius 2 is 1.59 bits per heavy atom. The van der Waals surface area contributed by atoms with Gasteiger partial charge in [0.1, 0.15) is 5.82 Å². The lowest BCUT2D eigenvalue weighted by Crippen LogP contribution is -2.21. The Morgan fingerprint density at radius 1 is 1.00 bits per heavy atom. The van der Waals surface area contributed by atoms with Crippen molar-refractivity contribution < 1.29 is 4.39 Å². The number of hydrogen-bond donors (Lipinski definition) is 0. The van der Waals surface area contributed by atoms with Crippen LogP contribution in [0.2, 0.25) is 5.02 Å². The number of benzene rings is 2. The minimum absolute atomic E-state index is 0.232. The lowest BCUT2D eigenvalue weighted by atomic mass is 10.0. The Bertz CT molecular complexity index is 871. The summed E-state index contributed by atoms with van der Waals surface area (Å²) in [4.78, 5) is 12.3. The zero-order valence-electron chi connectivity index (χ0n) is 11.8. The van der Waals surface area contributed by atoms with Crippen molar-refractivity contribution >= 4 is 11.6 Å². The van der Waals surface area contributed by atoms with E-state index in [0.717, 1.165) is 5.56 Å². The van der Waals surface area contributed by atoms with E-state index in [1.807, 2.05) is 12.1 Å². The first kappa shape index (κ1) is 14.5. The molecular weight excluding hydrogens is 303 g/mol. The molecule has 1 heterocycles. The number of halogens is 2. The molecule has 3 aromatic rings. The Balaban J connectivity index is 2.17. The first-order chi connectivity index (χ1) is 10.5. The Morgan fingerprint density at radius 3 is 2.23 bits per heavy atom. The predicted molar refractivity (Wildman–Crippen MR) is 85.3 cm³/mol. The third-order valence-electron chi connectivity index (χ3n) is 3.36. The largest absolute Gasteiger partial charge is 0.274 e. The Kier molecular flexibility index (Phi) is 3.77. The van der Waals surface area contributed by atoms with E-state index < -0.39 is 0 Å². The highest BCUT2D eigenvalue weighted by Crippen LogP contribution is 2.23. The molecular formula is C17H12ClFN2O. The number of rotatable bonds is 2. The van der Waals surface area contributed by atoms with Gasteiger partial charge >= 0.3 is 0 Å². The fourth-order valence-electron chi connectivity index (χ4n) is 2.21. The van der Waals surface area contributed by atoms with Crippen LogP contribution in [0.5, 0.6) is 0 Å². The van der Waals surface area contributed by atoms with Gasteiger partial charge in [0.25, 0.3) is 5.56 Å². The van der Waals surface area contributed by atoms with E-state index in [-0.39, 0.29) is 11.4 Å². The quantitative estimate of drug-likeness (QED) is 0.719. The second-order valence-corrected chi connectivity index (χ2v) is 5.32. The minimum atomic E-state index is -0.340. The molecule has 1 aromatic heterocycles. The van der Waals surface area contributed by atoms with Crippen LogP contribution in [-0.4, -0.2) is 9.78 Å². The van der Waals surface area contributed by atoms with Gasteiger partial charge < -0.3 is 0 Å². The summed E-state index contributed by atoms with van der Waals surface area (Å²) in [5, 5.41) is 4.90. The minimum Gasteiger partial charge on any atom is -0.267 e. The van der Waals surface area contributed by atoms with E-state index in [1.54, 1.807) is 37.4 Å². The van der Waals surface area contributed by atoms with Gasteiger partial charge in [-0.3, -0.25) is 4.79 Å². The van der Waals surface area contributed by atoms with Crippen LogP contribution in [0.3, 0.4) is 0 Å². The zero-order chi connectivity index (χ0) is 15.7.